The number of hydrogen-bond donors (Lipinski definition) is 1. The topological polar surface area (TPSA) is 47.0 Å². The Bertz CT molecular complexity index is 280. The van der Waals surface area contributed by atoms with Crippen LogP contribution in [0.5, 0.6) is 5.88 Å². The first-order chi connectivity index (χ1) is 5.86. The van der Waals surface area contributed by atoms with Gasteiger partial charge in [-0.3, -0.25) is 0 Å². The predicted octanol–water partition coefficient (Wildman–Crippen LogP) is 0.902. The van der Waals surface area contributed by atoms with Gasteiger partial charge in [-0.2, -0.15) is 0 Å². The van der Waals surface area contributed by atoms with Gasteiger partial charge >= 0.3 is 0 Å². The van der Waals surface area contributed by atoms with Crippen LogP contribution in [0, 0.1) is 0 Å². The number of hydrogen-bond acceptors (Lipinski definition) is 4. The molecule has 1 N–H and O–H groups in total. The molecular weight excluding hydrogens is 213 g/mol. The van der Waals surface area contributed by atoms with Crippen molar-refractivity contribution in [2.24, 2.45) is 0 Å². The van der Waals surface area contributed by atoms with E-state index >= 15 is 0 Å². The average molecular weight is 222 g/mol. The summed E-state index contributed by atoms with van der Waals surface area (Å²) in [6, 6.07) is 0. The highest BCUT2D eigenvalue weighted by atomic mass is 35.5. The van der Waals surface area contributed by atoms with Gasteiger partial charge < -0.3 is 10.1 Å². The summed E-state index contributed by atoms with van der Waals surface area (Å²) in [5, 5.41) is 3.41. The number of halogens is 2. The molecule has 0 aromatic carbocycles. The van der Waals surface area contributed by atoms with E-state index in [1.807, 2.05) is 0 Å². The highest BCUT2D eigenvalue weighted by Crippen LogP contribution is 2.18. The van der Waals surface area contributed by atoms with Crippen molar-refractivity contribution in [2.45, 2.75) is 6.10 Å². The van der Waals surface area contributed by atoms with Crippen molar-refractivity contribution in [3.63, 3.8) is 0 Å². The molecule has 4 nitrogen and oxygen atoms in total. The fourth-order valence-electron chi connectivity index (χ4n) is 0.891. The summed E-state index contributed by atoms with van der Waals surface area (Å²) >= 11 is 5.73. The van der Waals surface area contributed by atoms with Crippen LogP contribution < -0.4 is 10.1 Å². The summed E-state index contributed by atoms with van der Waals surface area (Å²) in [5.41, 5.74) is 0. The molecule has 0 amide bonds. The molecule has 0 saturated carbocycles. The van der Waals surface area contributed by atoms with Gasteiger partial charge in [0.1, 0.15) is 6.10 Å². The molecule has 0 radical (unpaired) electrons. The van der Waals surface area contributed by atoms with Crippen LogP contribution in [0.3, 0.4) is 0 Å². The molecule has 2 rings (SSSR count). The van der Waals surface area contributed by atoms with Crippen LogP contribution in [0.4, 0.5) is 0 Å². The summed E-state index contributed by atoms with van der Waals surface area (Å²) in [6.45, 7) is 1.71. The van der Waals surface area contributed by atoms with E-state index in [2.05, 4.69) is 15.3 Å². The number of aromatic nitrogens is 2. The minimum atomic E-state index is 0. The van der Waals surface area contributed by atoms with Gasteiger partial charge in [0.2, 0.25) is 0 Å². The van der Waals surface area contributed by atoms with E-state index in [-0.39, 0.29) is 18.5 Å². The van der Waals surface area contributed by atoms with Gasteiger partial charge in [0.05, 0.1) is 0 Å². The van der Waals surface area contributed by atoms with Crippen LogP contribution in [0.15, 0.2) is 12.4 Å². The number of nitrogens with zero attached hydrogens (tertiary/aromatic N) is 2. The van der Waals surface area contributed by atoms with Crippen molar-refractivity contribution in [1.82, 2.24) is 15.3 Å². The lowest BCUT2D eigenvalue weighted by molar-refractivity contribution is 0.135. The van der Waals surface area contributed by atoms with E-state index in [0.717, 1.165) is 13.1 Å². The molecule has 1 aliphatic heterocycles. The summed E-state index contributed by atoms with van der Waals surface area (Å²) in [7, 11) is 0. The Balaban J connectivity index is 0.000000845. The second kappa shape index (κ2) is 4.60. The van der Waals surface area contributed by atoms with Crippen molar-refractivity contribution < 1.29 is 4.74 Å². The van der Waals surface area contributed by atoms with Gasteiger partial charge in [0.15, 0.2) is 5.15 Å². The van der Waals surface area contributed by atoms with E-state index in [1.54, 1.807) is 6.20 Å². The van der Waals surface area contributed by atoms with Crippen LogP contribution >= 0.6 is 24.0 Å². The molecule has 0 aliphatic carbocycles. The van der Waals surface area contributed by atoms with E-state index < -0.39 is 0 Å². The minimum absolute atomic E-state index is 0. The Kier molecular flexibility index (Phi) is 3.71. The fourth-order valence-corrected chi connectivity index (χ4v) is 1.04. The zero-order valence-corrected chi connectivity index (χ0v) is 8.31. The van der Waals surface area contributed by atoms with Gasteiger partial charge in [-0.05, 0) is 0 Å². The monoisotopic (exact) mass is 221 g/mol. The Hall–Kier alpha value is -0.580. The molecule has 6 heteroatoms. The standard InChI is InChI=1S/C7H8ClN3O.ClH/c8-6-7(11-2-1-10-6)12-5-3-9-4-5;/h1-2,5,9H,3-4H2;1H. The zero-order valence-electron chi connectivity index (χ0n) is 6.74. The second-order valence-electron chi connectivity index (χ2n) is 2.55. The quantitative estimate of drug-likeness (QED) is 0.807. The van der Waals surface area contributed by atoms with Crippen LogP contribution in [-0.4, -0.2) is 29.2 Å². The number of nitrogens with one attached hydrogen (secondary N) is 1. The van der Waals surface area contributed by atoms with Gasteiger partial charge in [-0.1, -0.05) is 11.6 Å². The lowest BCUT2D eigenvalue weighted by Crippen LogP contribution is -2.50. The molecule has 13 heavy (non-hydrogen) atoms. The average Bonchev–Trinajstić information content (AvgIpc) is 2.00. The van der Waals surface area contributed by atoms with Gasteiger partial charge in [0.25, 0.3) is 5.88 Å². The molecule has 0 spiro atoms. The molecule has 0 bridgehead atoms. The number of rotatable bonds is 2. The first-order valence-corrected chi connectivity index (χ1v) is 4.08. The molecular formula is C7H9Cl2N3O. The van der Waals surface area contributed by atoms with Gasteiger partial charge in [-0.25, -0.2) is 9.97 Å². The highest BCUT2D eigenvalue weighted by molar-refractivity contribution is 6.30. The zero-order chi connectivity index (χ0) is 8.39. The summed E-state index contributed by atoms with van der Waals surface area (Å²) in [5.74, 6) is 0.422. The smallest absolute Gasteiger partial charge is 0.252 e. The van der Waals surface area contributed by atoms with Crippen molar-refractivity contribution >= 4 is 24.0 Å². The van der Waals surface area contributed by atoms with Crippen LogP contribution in [0.1, 0.15) is 0 Å². The third kappa shape index (κ3) is 2.43. The first kappa shape index (κ1) is 10.5. The van der Waals surface area contributed by atoms with Crippen molar-refractivity contribution in [3.05, 3.63) is 17.5 Å². The summed E-state index contributed by atoms with van der Waals surface area (Å²) < 4.78 is 5.41. The van der Waals surface area contributed by atoms with E-state index in [4.69, 9.17) is 16.3 Å². The molecule has 1 fully saturated rings. The fraction of sp³-hybridized carbons (Fsp3) is 0.429. The Morgan fingerprint density at radius 2 is 2.08 bits per heavy atom. The lowest BCUT2D eigenvalue weighted by Gasteiger charge is -2.27. The third-order valence-electron chi connectivity index (χ3n) is 1.65. The van der Waals surface area contributed by atoms with E-state index in [1.165, 1.54) is 6.20 Å². The van der Waals surface area contributed by atoms with Crippen molar-refractivity contribution in [3.8, 4) is 5.88 Å². The maximum absolute atomic E-state index is 5.73. The molecule has 1 aromatic heterocycles. The van der Waals surface area contributed by atoms with Crippen LogP contribution in [0.25, 0.3) is 0 Å². The molecule has 1 aliphatic rings. The molecule has 1 saturated heterocycles. The second-order valence-corrected chi connectivity index (χ2v) is 2.91. The SMILES string of the molecule is Cl.Clc1nccnc1OC1CNC1. The summed E-state index contributed by atoms with van der Waals surface area (Å²) in [4.78, 5) is 7.80. The first-order valence-electron chi connectivity index (χ1n) is 3.70. The number of ether oxygens (including phenoxy) is 1. The highest BCUT2D eigenvalue weighted by Gasteiger charge is 2.20. The molecule has 72 valence electrons. The predicted molar refractivity (Wildman–Crippen MR) is 51.6 cm³/mol. The van der Waals surface area contributed by atoms with Crippen molar-refractivity contribution in [1.29, 1.82) is 0 Å². The van der Waals surface area contributed by atoms with Gasteiger partial charge in [-0.15, -0.1) is 12.4 Å². The maximum atomic E-state index is 5.73. The Morgan fingerprint density at radius 1 is 1.38 bits per heavy atom. The van der Waals surface area contributed by atoms with Crippen LogP contribution in [0.2, 0.25) is 5.15 Å². The largest absolute Gasteiger partial charge is 0.469 e. The Labute approximate surface area is 87.1 Å². The lowest BCUT2D eigenvalue weighted by atomic mass is 10.2. The molecule has 0 unspecified atom stereocenters. The van der Waals surface area contributed by atoms with Crippen molar-refractivity contribution in [2.75, 3.05) is 13.1 Å². The summed E-state index contributed by atoms with van der Waals surface area (Å²) in [6.07, 6.45) is 3.29. The minimum Gasteiger partial charge on any atom is -0.469 e. The molecule has 1 aromatic rings. The third-order valence-corrected chi connectivity index (χ3v) is 1.90. The normalized spacial score (nSPS) is 15.8. The molecule has 2 heterocycles. The van der Waals surface area contributed by atoms with E-state index in [9.17, 15) is 0 Å². The van der Waals surface area contributed by atoms with Gasteiger partial charge in [0, 0.05) is 25.5 Å². The molecule has 0 atom stereocenters. The Morgan fingerprint density at radius 3 is 2.62 bits per heavy atom. The van der Waals surface area contributed by atoms with Crippen LogP contribution in [-0.2, 0) is 0 Å². The maximum Gasteiger partial charge on any atom is 0.252 e. The van der Waals surface area contributed by atoms with E-state index in [0.29, 0.717) is 11.0 Å².